The number of nitrogens with zero attached hydrogens (tertiary/aromatic N) is 3. The first-order valence-electron chi connectivity index (χ1n) is 9.77. The number of hydrogen-bond donors (Lipinski definition) is 1. The third-order valence-corrected chi connectivity index (χ3v) is 7.40. The highest BCUT2D eigenvalue weighted by molar-refractivity contribution is 7.90. The summed E-state index contributed by atoms with van der Waals surface area (Å²) in [5.74, 6) is 0.994. The molecule has 1 aliphatic carbocycles. The number of aromatic nitrogens is 1. The Hall–Kier alpha value is -1.67. The molecule has 150 valence electrons. The molecule has 1 amide bonds. The van der Waals surface area contributed by atoms with Crippen molar-refractivity contribution in [2.45, 2.75) is 50.3 Å². The Bertz CT molecular complexity index is 760. The largest absolute Gasteiger partial charge is 0.362 e. The van der Waals surface area contributed by atoms with E-state index in [-0.39, 0.29) is 18.4 Å². The van der Waals surface area contributed by atoms with Gasteiger partial charge in [-0.2, -0.15) is 0 Å². The Balaban J connectivity index is 1.63. The number of sulfonamides is 1. The maximum Gasteiger partial charge on any atom is 0.225 e. The monoisotopic (exact) mass is 394 g/mol. The summed E-state index contributed by atoms with van der Waals surface area (Å²) in [6.45, 7) is 1.18. The van der Waals surface area contributed by atoms with Crippen molar-refractivity contribution >= 4 is 21.7 Å². The summed E-state index contributed by atoms with van der Waals surface area (Å²) in [6.07, 6.45) is 7.12. The average Bonchev–Trinajstić information content (AvgIpc) is 3.21. The first kappa shape index (κ1) is 20.1. The third kappa shape index (κ3) is 4.79. The van der Waals surface area contributed by atoms with Crippen molar-refractivity contribution in [2.75, 3.05) is 32.1 Å². The van der Waals surface area contributed by atoms with Gasteiger partial charge in [-0.1, -0.05) is 18.9 Å². The van der Waals surface area contributed by atoms with Gasteiger partial charge in [-0.3, -0.25) is 4.79 Å². The maximum absolute atomic E-state index is 12.8. The van der Waals surface area contributed by atoms with Crippen LogP contribution in [0.15, 0.2) is 18.3 Å². The number of anilines is 1. The predicted molar refractivity (Wildman–Crippen MR) is 106 cm³/mol. The van der Waals surface area contributed by atoms with Gasteiger partial charge in [0.15, 0.2) is 0 Å². The molecular formula is C19H30N4O3S. The lowest BCUT2D eigenvalue weighted by atomic mass is 10.0. The Labute approximate surface area is 162 Å². The highest BCUT2D eigenvalue weighted by Gasteiger charge is 2.35. The molecule has 8 heteroatoms. The zero-order valence-electron chi connectivity index (χ0n) is 16.2. The lowest BCUT2D eigenvalue weighted by Gasteiger charge is -2.34. The van der Waals surface area contributed by atoms with Gasteiger partial charge in [0.25, 0.3) is 0 Å². The molecule has 0 radical (unpaired) electrons. The van der Waals surface area contributed by atoms with Crippen LogP contribution in [0, 0.1) is 5.92 Å². The van der Waals surface area contributed by atoms with Crippen molar-refractivity contribution in [1.29, 1.82) is 0 Å². The highest BCUT2D eigenvalue weighted by Crippen LogP contribution is 2.28. The number of nitrogens with one attached hydrogen (secondary N) is 1. The van der Waals surface area contributed by atoms with Gasteiger partial charge < -0.3 is 9.80 Å². The first-order valence-corrected chi connectivity index (χ1v) is 11.3. The van der Waals surface area contributed by atoms with E-state index in [9.17, 15) is 13.2 Å². The van der Waals surface area contributed by atoms with E-state index in [1.54, 1.807) is 17.2 Å². The smallest absolute Gasteiger partial charge is 0.225 e. The first-order chi connectivity index (χ1) is 12.9. The number of piperidine rings is 1. The Morgan fingerprint density at radius 3 is 2.70 bits per heavy atom. The zero-order chi connectivity index (χ0) is 19.4. The number of likely N-dealkylation sites (tertiary alicyclic amines) is 1. The van der Waals surface area contributed by atoms with Gasteiger partial charge in [0.1, 0.15) is 5.82 Å². The van der Waals surface area contributed by atoms with Crippen LogP contribution in [0.3, 0.4) is 0 Å². The molecule has 1 aliphatic heterocycles. The molecule has 0 unspecified atom stereocenters. The van der Waals surface area contributed by atoms with Crippen LogP contribution in [0.1, 0.15) is 44.1 Å². The summed E-state index contributed by atoms with van der Waals surface area (Å²) in [7, 11) is 0.262. The molecule has 1 N–H and O–H groups in total. The molecule has 0 aromatic carbocycles. The zero-order valence-corrected chi connectivity index (χ0v) is 17.0. The van der Waals surface area contributed by atoms with Gasteiger partial charge >= 0.3 is 0 Å². The maximum atomic E-state index is 12.8. The molecule has 1 saturated heterocycles. The van der Waals surface area contributed by atoms with Crippen molar-refractivity contribution in [3.63, 3.8) is 0 Å². The van der Waals surface area contributed by atoms with Crippen molar-refractivity contribution < 1.29 is 13.2 Å². The SMILES string of the molecule is CN(C)c1ncccc1CNS(=O)(=O)[C@@H]1CCCN(C(=O)C2CCCC2)C1. The van der Waals surface area contributed by atoms with E-state index in [2.05, 4.69) is 9.71 Å². The van der Waals surface area contributed by atoms with E-state index >= 15 is 0 Å². The second-order valence-electron chi connectivity index (χ2n) is 7.78. The van der Waals surface area contributed by atoms with Crippen LogP contribution in [0.2, 0.25) is 0 Å². The van der Waals surface area contributed by atoms with Gasteiger partial charge in [-0.05, 0) is 31.7 Å². The summed E-state index contributed by atoms with van der Waals surface area (Å²) in [4.78, 5) is 20.6. The van der Waals surface area contributed by atoms with Gasteiger partial charge in [0.05, 0.1) is 5.25 Å². The number of rotatable bonds is 6. The fraction of sp³-hybridized carbons (Fsp3) is 0.684. The second-order valence-corrected chi connectivity index (χ2v) is 9.82. The molecule has 0 bridgehead atoms. The summed E-state index contributed by atoms with van der Waals surface area (Å²) in [5, 5.41) is -0.545. The van der Waals surface area contributed by atoms with Crippen LogP contribution in [-0.4, -0.2) is 56.6 Å². The van der Waals surface area contributed by atoms with Crippen molar-refractivity contribution in [3.8, 4) is 0 Å². The van der Waals surface area contributed by atoms with E-state index in [1.807, 2.05) is 25.1 Å². The van der Waals surface area contributed by atoms with Crippen LogP contribution in [0.25, 0.3) is 0 Å². The molecule has 2 heterocycles. The molecule has 2 fully saturated rings. The van der Waals surface area contributed by atoms with Crippen LogP contribution in [0.5, 0.6) is 0 Å². The predicted octanol–water partition coefficient (Wildman–Crippen LogP) is 1.75. The van der Waals surface area contributed by atoms with E-state index in [1.165, 1.54) is 0 Å². The summed E-state index contributed by atoms with van der Waals surface area (Å²) < 4.78 is 28.4. The normalized spacial score (nSPS) is 21.4. The molecule has 2 aliphatic rings. The molecule has 1 aromatic heterocycles. The molecule has 1 atom stereocenters. The van der Waals surface area contributed by atoms with Gasteiger partial charge in [0, 0.05) is 51.4 Å². The van der Waals surface area contributed by atoms with Crippen LogP contribution in [-0.2, 0) is 21.4 Å². The minimum atomic E-state index is -3.50. The van der Waals surface area contributed by atoms with Crippen molar-refractivity contribution in [2.24, 2.45) is 5.92 Å². The van der Waals surface area contributed by atoms with Gasteiger partial charge in [-0.15, -0.1) is 0 Å². The number of carbonyl (C=O) groups excluding carboxylic acids is 1. The molecule has 3 rings (SSSR count). The van der Waals surface area contributed by atoms with E-state index in [4.69, 9.17) is 0 Å². The second kappa shape index (κ2) is 8.56. The summed E-state index contributed by atoms with van der Waals surface area (Å²) >= 11 is 0. The Morgan fingerprint density at radius 1 is 1.26 bits per heavy atom. The van der Waals surface area contributed by atoms with E-state index < -0.39 is 15.3 Å². The van der Waals surface area contributed by atoms with Gasteiger partial charge in [-0.25, -0.2) is 18.1 Å². The fourth-order valence-corrected chi connectivity index (χ4v) is 5.54. The molecule has 1 saturated carbocycles. The summed E-state index contributed by atoms with van der Waals surface area (Å²) in [5.41, 5.74) is 0.834. The fourth-order valence-electron chi connectivity index (χ4n) is 4.09. The molecular weight excluding hydrogens is 364 g/mol. The van der Waals surface area contributed by atoms with Crippen molar-refractivity contribution in [3.05, 3.63) is 23.9 Å². The van der Waals surface area contributed by atoms with Crippen LogP contribution in [0.4, 0.5) is 5.82 Å². The minimum Gasteiger partial charge on any atom is -0.362 e. The molecule has 0 spiro atoms. The Kier molecular flexibility index (Phi) is 6.37. The van der Waals surface area contributed by atoms with Crippen LogP contribution < -0.4 is 9.62 Å². The topological polar surface area (TPSA) is 82.6 Å². The summed E-state index contributed by atoms with van der Waals surface area (Å²) in [6, 6.07) is 3.68. The van der Waals surface area contributed by atoms with Gasteiger partial charge in [0.2, 0.25) is 15.9 Å². The third-order valence-electron chi connectivity index (χ3n) is 5.59. The lowest BCUT2D eigenvalue weighted by Crippen LogP contribution is -2.49. The minimum absolute atomic E-state index is 0.0949. The Morgan fingerprint density at radius 2 is 2.00 bits per heavy atom. The number of pyridine rings is 1. The van der Waals surface area contributed by atoms with Crippen LogP contribution >= 0.6 is 0 Å². The quantitative estimate of drug-likeness (QED) is 0.795. The van der Waals surface area contributed by atoms with E-state index in [0.717, 1.165) is 43.5 Å². The molecule has 27 heavy (non-hydrogen) atoms. The number of amides is 1. The molecule has 1 aromatic rings. The van der Waals surface area contributed by atoms with E-state index in [0.29, 0.717) is 19.5 Å². The van der Waals surface area contributed by atoms with Crippen molar-refractivity contribution in [1.82, 2.24) is 14.6 Å². The molecule has 7 nitrogen and oxygen atoms in total. The average molecular weight is 395 g/mol. The highest BCUT2D eigenvalue weighted by atomic mass is 32.2. The number of carbonyl (C=O) groups is 1. The standard InChI is InChI=1S/C19H30N4O3S/c1-22(2)18-16(9-5-11-20-18)13-21-27(25,26)17-10-6-12-23(14-17)19(24)15-7-3-4-8-15/h5,9,11,15,17,21H,3-4,6-8,10,12-14H2,1-2H3/t17-/m1/s1. The number of hydrogen-bond acceptors (Lipinski definition) is 5. The lowest BCUT2D eigenvalue weighted by molar-refractivity contribution is -0.136.